The van der Waals surface area contributed by atoms with Crippen molar-refractivity contribution in [3.63, 3.8) is 0 Å². The number of nitrogens with zero attached hydrogens (tertiary/aromatic N) is 1. The van der Waals surface area contributed by atoms with E-state index in [1.54, 1.807) is 45.6 Å². The maximum absolute atomic E-state index is 12.4. The summed E-state index contributed by atoms with van der Waals surface area (Å²) < 4.78 is 21.8. The first kappa shape index (κ1) is 22.6. The van der Waals surface area contributed by atoms with Gasteiger partial charge in [-0.2, -0.15) is 0 Å². The first-order chi connectivity index (χ1) is 15.1. The van der Waals surface area contributed by atoms with Crippen molar-refractivity contribution in [2.75, 3.05) is 27.9 Å². The van der Waals surface area contributed by atoms with Crippen molar-refractivity contribution in [1.29, 1.82) is 0 Å². The Kier molecular flexibility index (Phi) is 7.83. The lowest BCUT2D eigenvalue weighted by Gasteiger charge is -2.11. The minimum absolute atomic E-state index is 0.210. The van der Waals surface area contributed by atoms with E-state index in [9.17, 15) is 4.79 Å². The smallest absolute Gasteiger partial charge is 0.264 e. The maximum atomic E-state index is 12.4. The van der Waals surface area contributed by atoms with Crippen molar-refractivity contribution in [1.82, 2.24) is 5.32 Å². The molecule has 0 aromatic heterocycles. The van der Waals surface area contributed by atoms with E-state index in [0.717, 1.165) is 18.4 Å². The van der Waals surface area contributed by atoms with Crippen LogP contribution in [0, 0.1) is 0 Å². The fourth-order valence-electron chi connectivity index (χ4n) is 2.84. The van der Waals surface area contributed by atoms with Gasteiger partial charge in [-0.3, -0.25) is 4.79 Å². The van der Waals surface area contributed by atoms with Gasteiger partial charge in [0.1, 0.15) is 17.2 Å². The second kappa shape index (κ2) is 10.8. The molecule has 1 aliphatic rings. The second-order valence-corrected chi connectivity index (χ2v) is 7.66. The summed E-state index contributed by atoms with van der Waals surface area (Å²) in [5, 5.41) is 3.27. The Hall–Kier alpha value is -3.13. The van der Waals surface area contributed by atoms with Gasteiger partial charge in [0.2, 0.25) is 0 Å². The molecule has 7 nitrogen and oxygen atoms in total. The van der Waals surface area contributed by atoms with Gasteiger partial charge >= 0.3 is 0 Å². The van der Waals surface area contributed by atoms with Gasteiger partial charge in [0.15, 0.2) is 16.7 Å². The molecule has 1 saturated heterocycles. The van der Waals surface area contributed by atoms with Crippen LogP contribution in [0.4, 0.5) is 5.69 Å². The molecular formula is C23H26N2O5S. The lowest BCUT2D eigenvalue weighted by atomic mass is 10.2. The summed E-state index contributed by atoms with van der Waals surface area (Å²) in [7, 11) is 4.75. The van der Waals surface area contributed by atoms with Gasteiger partial charge in [-0.05, 0) is 54.1 Å². The van der Waals surface area contributed by atoms with Crippen molar-refractivity contribution in [2.24, 2.45) is 4.99 Å². The lowest BCUT2D eigenvalue weighted by Crippen LogP contribution is -2.19. The maximum Gasteiger partial charge on any atom is 0.264 e. The second-order valence-electron chi connectivity index (χ2n) is 6.63. The number of rotatable bonds is 9. The third-order valence-electron chi connectivity index (χ3n) is 4.50. The van der Waals surface area contributed by atoms with Gasteiger partial charge in [-0.1, -0.05) is 19.4 Å². The monoisotopic (exact) mass is 442 g/mol. The number of nitrogens with one attached hydrogen (secondary N) is 1. The van der Waals surface area contributed by atoms with Crippen LogP contribution in [0.15, 0.2) is 46.3 Å². The molecule has 8 heteroatoms. The first-order valence-corrected chi connectivity index (χ1v) is 10.7. The van der Waals surface area contributed by atoms with Crippen LogP contribution in [0.2, 0.25) is 0 Å². The van der Waals surface area contributed by atoms with Crippen LogP contribution in [-0.2, 0) is 4.79 Å². The van der Waals surface area contributed by atoms with Gasteiger partial charge in [0, 0.05) is 6.07 Å². The van der Waals surface area contributed by atoms with Crippen molar-refractivity contribution in [3.05, 3.63) is 46.9 Å². The molecule has 0 atom stereocenters. The standard InChI is InChI=1S/C23H26N2O5S/c1-5-6-11-30-18-10-7-15(12-20(18)29-4)13-21-22(26)25-23(31-21)24-17-9-8-16(27-2)14-19(17)28-3/h7-10,12-14H,5-6,11H2,1-4H3,(H,24,25,26)/b21-13-. The highest BCUT2D eigenvalue weighted by Gasteiger charge is 2.24. The fraction of sp³-hybridized carbons (Fsp3) is 0.304. The number of methoxy groups -OCH3 is 3. The Morgan fingerprint density at radius 2 is 1.81 bits per heavy atom. The number of aliphatic imine (C=N–C) groups is 1. The quantitative estimate of drug-likeness (QED) is 0.445. The summed E-state index contributed by atoms with van der Waals surface area (Å²) in [5.74, 6) is 2.34. The van der Waals surface area contributed by atoms with E-state index < -0.39 is 0 Å². The van der Waals surface area contributed by atoms with E-state index in [1.807, 2.05) is 18.2 Å². The highest BCUT2D eigenvalue weighted by molar-refractivity contribution is 8.18. The number of carbonyl (C=O) groups is 1. The van der Waals surface area contributed by atoms with Crippen molar-refractivity contribution >= 4 is 34.6 Å². The third kappa shape index (κ3) is 5.73. The lowest BCUT2D eigenvalue weighted by molar-refractivity contribution is -0.115. The zero-order valence-electron chi connectivity index (χ0n) is 18.1. The van der Waals surface area contributed by atoms with E-state index in [-0.39, 0.29) is 5.91 Å². The molecule has 0 radical (unpaired) electrons. The average Bonchev–Trinajstić information content (AvgIpc) is 3.13. The normalized spacial score (nSPS) is 15.8. The topological polar surface area (TPSA) is 78.4 Å². The highest BCUT2D eigenvalue weighted by atomic mass is 32.2. The summed E-state index contributed by atoms with van der Waals surface area (Å²) in [5.41, 5.74) is 1.43. The van der Waals surface area contributed by atoms with E-state index in [4.69, 9.17) is 18.9 Å². The number of hydrogen-bond donors (Lipinski definition) is 1. The van der Waals surface area contributed by atoms with Gasteiger partial charge in [-0.25, -0.2) is 4.99 Å². The molecule has 1 N–H and O–H groups in total. The Morgan fingerprint density at radius 1 is 1.00 bits per heavy atom. The van der Waals surface area contributed by atoms with Crippen LogP contribution in [0.25, 0.3) is 6.08 Å². The minimum atomic E-state index is -0.210. The Bertz CT molecular complexity index is 1000. The Morgan fingerprint density at radius 3 is 2.52 bits per heavy atom. The number of carbonyl (C=O) groups excluding carboxylic acids is 1. The number of ether oxygens (including phenoxy) is 4. The Balaban J connectivity index is 1.79. The predicted molar refractivity (Wildman–Crippen MR) is 124 cm³/mol. The van der Waals surface area contributed by atoms with Crippen molar-refractivity contribution in [3.8, 4) is 23.0 Å². The molecule has 2 aromatic carbocycles. The molecule has 0 saturated carbocycles. The molecule has 0 aliphatic carbocycles. The number of amides is 1. The van der Waals surface area contributed by atoms with Crippen LogP contribution in [0.1, 0.15) is 25.3 Å². The largest absolute Gasteiger partial charge is 0.497 e. The number of hydrogen-bond acceptors (Lipinski definition) is 7. The summed E-state index contributed by atoms with van der Waals surface area (Å²) in [4.78, 5) is 17.5. The van der Waals surface area contributed by atoms with Gasteiger partial charge in [0.05, 0.1) is 32.8 Å². The van der Waals surface area contributed by atoms with Crippen LogP contribution in [0.5, 0.6) is 23.0 Å². The molecular weight excluding hydrogens is 416 g/mol. The number of amidine groups is 1. The summed E-state index contributed by atoms with van der Waals surface area (Å²) >= 11 is 1.26. The SMILES string of the molecule is CCCCOc1ccc(/C=C2\SC(=Nc3ccc(OC)cc3OC)NC2=O)cc1OC. The number of thioether (sulfide) groups is 1. The molecule has 1 fully saturated rings. The first-order valence-electron chi connectivity index (χ1n) is 9.90. The highest BCUT2D eigenvalue weighted by Crippen LogP contribution is 2.35. The molecule has 0 spiro atoms. The molecule has 0 bridgehead atoms. The summed E-state index contributed by atoms with van der Waals surface area (Å²) in [6.45, 7) is 2.75. The van der Waals surface area contributed by atoms with E-state index in [1.165, 1.54) is 11.8 Å². The van der Waals surface area contributed by atoms with Crippen LogP contribution in [0.3, 0.4) is 0 Å². The van der Waals surface area contributed by atoms with E-state index in [0.29, 0.717) is 45.4 Å². The van der Waals surface area contributed by atoms with E-state index in [2.05, 4.69) is 17.2 Å². The summed E-state index contributed by atoms with van der Waals surface area (Å²) in [6, 6.07) is 10.9. The summed E-state index contributed by atoms with van der Waals surface area (Å²) in [6.07, 6.45) is 3.84. The van der Waals surface area contributed by atoms with Crippen molar-refractivity contribution < 1.29 is 23.7 Å². The number of unbranched alkanes of at least 4 members (excludes halogenated alkanes) is 1. The van der Waals surface area contributed by atoms with E-state index >= 15 is 0 Å². The van der Waals surface area contributed by atoms with Crippen LogP contribution in [-0.4, -0.2) is 39.0 Å². The molecule has 1 amide bonds. The number of benzene rings is 2. The molecule has 3 rings (SSSR count). The van der Waals surface area contributed by atoms with Gasteiger partial charge < -0.3 is 24.3 Å². The van der Waals surface area contributed by atoms with Crippen molar-refractivity contribution in [2.45, 2.75) is 19.8 Å². The molecule has 0 unspecified atom stereocenters. The Labute approximate surface area is 186 Å². The van der Waals surface area contributed by atoms with Gasteiger partial charge in [0.25, 0.3) is 5.91 Å². The molecule has 31 heavy (non-hydrogen) atoms. The van der Waals surface area contributed by atoms with Crippen LogP contribution < -0.4 is 24.3 Å². The zero-order chi connectivity index (χ0) is 22.2. The third-order valence-corrected chi connectivity index (χ3v) is 5.41. The predicted octanol–water partition coefficient (Wildman–Crippen LogP) is 4.78. The van der Waals surface area contributed by atoms with Crippen LogP contribution >= 0.6 is 11.8 Å². The average molecular weight is 443 g/mol. The molecule has 164 valence electrons. The molecule has 2 aromatic rings. The van der Waals surface area contributed by atoms with Gasteiger partial charge in [-0.15, -0.1) is 0 Å². The fourth-order valence-corrected chi connectivity index (χ4v) is 3.67. The molecule has 1 aliphatic heterocycles. The zero-order valence-corrected chi connectivity index (χ0v) is 18.9. The molecule has 1 heterocycles. The minimum Gasteiger partial charge on any atom is -0.497 e.